The Balaban J connectivity index is 2.03. The number of anilines is 1. The highest BCUT2D eigenvalue weighted by atomic mass is 32.2. The van der Waals surface area contributed by atoms with Crippen molar-refractivity contribution in [3.63, 3.8) is 0 Å². The van der Waals surface area contributed by atoms with Gasteiger partial charge in [0.05, 0.1) is 30.1 Å². The van der Waals surface area contributed by atoms with Crippen molar-refractivity contribution >= 4 is 34.3 Å². The number of nitrogens with zero attached hydrogens (tertiary/aromatic N) is 3. The fourth-order valence-corrected chi connectivity index (χ4v) is 3.25. The Hall–Kier alpha value is -1.82. The van der Waals surface area contributed by atoms with E-state index < -0.39 is 0 Å². The highest BCUT2D eigenvalue weighted by Gasteiger charge is 2.16. The zero-order valence-corrected chi connectivity index (χ0v) is 12.0. The monoisotopic (exact) mass is 289 g/mol. The van der Waals surface area contributed by atoms with Gasteiger partial charge in [0.15, 0.2) is 0 Å². The number of benzene rings is 1. The molecule has 1 saturated heterocycles. The number of rotatable bonds is 2. The van der Waals surface area contributed by atoms with Crippen molar-refractivity contribution in [3.8, 4) is 0 Å². The molecule has 2 heterocycles. The average Bonchev–Trinajstić information content (AvgIpc) is 2.53. The van der Waals surface area contributed by atoms with Gasteiger partial charge in [0.2, 0.25) is 0 Å². The van der Waals surface area contributed by atoms with Gasteiger partial charge in [0, 0.05) is 30.0 Å². The SMILES string of the molecule is COC(=O)c1ccc2c(N3CCSCC3)cnnc2c1. The first-order valence-corrected chi connectivity index (χ1v) is 7.61. The Labute approximate surface area is 121 Å². The molecule has 0 radical (unpaired) electrons. The first kappa shape index (κ1) is 13.2. The van der Waals surface area contributed by atoms with Crippen LogP contribution < -0.4 is 4.90 Å². The average molecular weight is 289 g/mol. The third kappa shape index (κ3) is 2.43. The van der Waals surface area contributed by atoms with E-state index in [1.165, 1.54) is 7.11 Å². The standard InChI is InChI=1S/C14H15N3O2S/c1-19-14(18)10-2-3-11-12(8-10)16-15-9-13(11)17-4-6-20-7-5-17/h2-3,8-9H,4-7H2,1H3. The lowest BCUT2D eigenvalue weighted by Gasteiger charge is -2.28. The molecule has 1 aromatic heterocycles. The largest absolute Gasteiger partial charge is 0.465 e. The molecule has 0 amide bonds. The number of aromatic nitrogens is 2. The predicted octanol–water partition coefficient (Wildman–Crippen LogP) is 1.97. The fourth-order valence-electron chi connectivity index (χ4n) is 2.35. The number of hydrogen-bond acceptors (Lipinski definition) is 6. The lowest BCUT2D eigenvalue weighted by Crippen LogP contribution is -2.32. The van der Waals surface area contributed by atoms with Crippen LogP contribution in [-0.4, -0.2) is 47.9 Å². The minimum atomic E-state index is -0.353. The van der Waals surface area contributed by atoms with E-state index in [2.05, 4.69) is 15.1 Å². The van der Waals surface area contributed by atoms with Gasteiger partial charge in [-0.25, -0.2) is 4.79 Å². The maximum atomic E-state index is 11.6. The van der Waals surface area contributed by atoms with Gasteiger partial charge >= 0.3 is 5.97 Å². The van der Waals surface area contributed by atoms with Gasteiger partial charge in [-0.2, -0.15) is 22.0 Å². The molecule has 0 bridgehead atoms. The van der Waals surface area contributed by atoms with Crippen LogP contribution >= 0.6 is 11.8 Å². The first-order chi connectivity index (χ1) is 9.79. The molecule has 5 nitrogen and oxygen atoms in total. The highest BCUT2D eigenvalue weighted by Crippen LogP contribution is 2.27. The number of fused-ring (bicyclic) bond motifs is 1. The van der Waals surface area contributed by atoms with Crippen molar-refractivity contribution in [2.75, 3.05) is 36.6 Å². The summed E-state index contributed by atoms with van der Waals surface area (Å²) >= 11 is 1.97. The summed E-state index contributed by atoms with van der Waals surface area (Å²) < 4.78 is 4.73. The summed E-state index contributed by atoms with van der Waals surface area (Å²) in [6.07, 6.45) is 1.80. The van der Waals surface area contributed by atoms with E-state index in [1.54, 1.807) is 18.3 Å². The molecule has 0 atom stereocenters. The van der Waals surface area contributed by atoms with Gasteiger partial charge in [-0.1, -0.05) is 0 Å². The molecule has 2 aromatic rings. The van der Waals surface area contributed by atoms with Gasteiger partial charge in [-0.3, -0.25) is 0 Å². The summed E-state index contributed by atoms with van der Waals surface area (Å²) in [5, 5.41) is 9.22. The smallest absolute Gasteiger partial charge is 0.337 e. The second kappa shape index (κ2) is 5.66. The number of ether oxygens (including phenoxy) is 1. The molecule has 0 saturated carbocycles. The van der Waals surface area contributed by atoms with Crippen molar-refractivity contribution in [2.24, 2.45) is 0 Å². The summed E-state index contributed by atoms with van der Waals surface area (Å²) in [7, 11) is 1.38. The minimum absolute atomic E-state index is 0.353. The fraction of sp³-hybridized carbons (Fsp3) is 0.357. The van der Waals surface area contributed by atoms with Crippen molar-refractivity contribution < 1.29 is 9.53 Å². The quantitative estimate of drug-likeness (QED) is 0.788. The van der Waals surface area contributed by atoms with Crippen LogP contribution in [0.1, 0.15) is 10.4 Å². The van der Waals surface area contributed by atoms with Gasteiger partial charge in [0.1, 0.15) is 0 Å². The number of thioether (sulfide) groups is 1. The topological polar surface area (TPSA) is 55.3 Å². The lowest BCUT2D eigenvalue weighted by molar-refractivity contribution is 0.0601. The van der Waals surface area contributed by atoms with Crippen molar-refractivity contribution in [1.82, 2.24) is 10.2 Å². The predicted molar refractivity (Wildman–Crippen MR) is 80.4 cm³/mol. The Bertz CT molecular complexity index is 641. The number of methoxy groups -OCH3 is 1. The molecule has 0 aliphatic carbocycles. The highest BCUT2D eigenvalue weighted by molar-refractivity contribution is 7.99. The third-order valence-corrected chi connectivity index (χ3v) is 4.33. The zero-order valence-electron chi connectivity index (χ0n) is 11.2. The molecule has 0 N–H and O–H groups in total. The summed E-state index contributed by atoms with van der Waals surface area (Å²) in [4.78, 5) is 13.9. The molecule has 1 aromatic carbocycles. The summed E-state index contributed by atoms with van der Waals surface area (Å²) in [6, 6.07) is 5.43. The number of carbonyl (C=O) groups excluding carboxylic acids is 1. The maximum absolute atomic E-state index is 11.6. The molecular formula is C14H15N3O2S. The van der Waals surface area contributed by atoms with E-state index in [4.69, 9.17) is 4.74 Å². The van der Waals surface area contributed by atoms with E-state index in [-0.39, 0.29) is 5.97 Å². The maximum Gasteiger partial charge on any atom is 0.337 e. The second-order valence-corrected chi connectivity index (χ2v) is 5.78. The van der Waals surface area contributed by atoms with Crippen LogP contribution in [0, 0.1) is 0 Å². The molecule has 1 aliphatic rings. The van der Waals surface area contributed by atoms with E-state index in [0.29, 0.717) is 5.56 Å². The van der Waals surface area contributed by atoms with Crippen LogP contribution in [0.25, 0.3) is 10.9 Å². The van der Waals surface area contributed by atoms with Crippen LogP contribution in [0.15, 0.2) is 24.4 Å². The second-order valence-electron chi connectivity index (χ2n) is 4.55. The zero-order chi connectivity index (χ0) is 13.9. The van der Waals surface area contributed by atoms with E-state index in [1.807, 2.05) is 17.8 Å². The first-order valence-electron chi connectivity index (χ1n) is 6.46. The normalized spacial score (nSPS) is 15.3. The van der Waals surface area contributed by atoms with E-state index in [9.17, 15) is 4.79 Å². The number of hydrogen-bond donors (Lipinski definition) is 0. The molecule has 3 rings (SSSR count). The van der Waals surface area contributed by atoms with Gasteiger partial charge in [-0.05, 0) is 18.2 Å². The van der Waals surface area contributed by atoms with Crippen LogP contribution in [-0.2, 0) is 4.74 Å². The molecule has 104 valence electrons. The van der Waals surface area contributed by atoms with Gasteiger partial charge < -0.3 is 9.64 Å². The molecule has 1 aliphatic heterocycles. The lowest BCUT2D eigenvalue weighted by atomic mass is 10.1. The summed E-state index contributed by atoms with van der Waals surface area (Å²) in [5.41, 5.74) is 2.32. The summed E-state index contributed by atoms with van der Waals surface area (Å²) in [5.74, 6) is 1.90. The Morgan fingerprint density at radius 2 is 2.15 bits per heavy atom. The van der Waals surface area contributed by atoms with Gasteiger partial charge in [0.25, 0.3) is 0 Å². The van der Waals surface area contributed by atoms with E-state index >= 15 is 0 Å². The Kier molecular flexibility index (Phi) is 3.73. The van der Waals surface area contributed by atoms with Crippen molar-refractivity contribution in [1.29, 1.82) is 0 Å². The molecular weight excluding hydrogens is 274 g/mol. The number of carbonyl (C=O) groups is 1. The van der Waals surface area contributed by atoms with Crippen LogP contribution in [0.3, 0.4) is 0 Å². The molecule has 0 unspecified atom stereocenters. The van der Waals surface area contributed by atoms with Gasteiger partial charge in [-0.15, -0.1) is 0 Å². The summed E-state index contributed by atoms with van der Waals surface area (Å²) in [6.45, 7) is 2.04. The molecule has 1 fully saturated rings. The molecule has 20 heavy (non-hydrogen) atoms. The third-order valence-electron chi connectivity index (χ3n) is 3.39. The van der Waals surface area contributed by atoms with Crippen molar-refractivity contribution in [3.05, 3.63) is 30.0 Å². The van der Waals surface area contributed by atoms with E-state index in [0.717, 1.165) is 41.2 Å². The Morgan fingerprint density at radius 3 is 2.90 bits per heavy atom. The molecule has 0 spiro atoms. The van der Waals surface area contributed by atoms with Crippen LogP contribution in [0.2, 0.25) is 0 Å². The van der Waals surface area contributed by atoms with Crippen LogP contribution in [0.5, 0.6) is 0 Å². The van der Waals surface area contributed by atoms with Crippen molar-refractivity contribution in [2.45, 2.75) is 0 Å². The Morgan fingerprint density at radius 1 is 1.35 bits per heavy atom. The minimum Gasteiger partial charge on any atom is -0.465 e. The van der Waals surface area contributed by atoms with Crippen LogP contribution in [0.4, 0.5) is 5.69 Å². The molecule has 6 heteroatoms. The number of esters is 1.